The third-order valence-electron chi connectivity index (χ3n) is 5.58. The number of fused-ring (bicyclic) bond motifs is 5. The van der Waals surface area contributed by atoms with E-state index in [2.05, 4.69) is 47.9 Å². The second-order valence-electron chi connectivity index (χ2n) is 6.89. The molecule has 0 fully saturated rings. The average molecular weight is 395 g/mol. The lowest BCUT2D eigenvalue weighted by Gasteiger charge is -2.29. The molecule has 28 heavy (non-hydrogen) atoms. The topological polar surface area (TPSA) is 34.5 Å². The molecule has 5 heteroatoms. The van der Waals surface area contributed by atoms with Gasteiger partial charge in [0.1, 0.15) is 11.0 Å². The summed E-state index contributed by atoms with van der Waals surface area (Å²) in [4.78, 5) is 16.6. The number of amides is 1. The zero-order valence-corrected chi connectivity index (χ0v) is 17.7. The molecule has 0 N–H and O–H groups in total. The van der Waals surface area contributed by atoms with Gasteiger partial charge in [-0.15, -0.1) is 11.8 Å². The van der Waals surface area contributed by atoms with Gasteiger partial charge < -0.3 is 14.2 Å². The number of nitrogens with zero attached hydrogens (tertiary/aromatic N) is 2. The number of ether oxygens (including phenoxy) is 1. The molecule has 3 aromatic rings. The number of aromatic nitrogens is 1. The molecule has 0 saturated carbocycles. The second-order valence-corrected chi connectivity index (χ2v) is 8.04. The third-order valence-corrected chi connectivity index (χ3v) is 6.86. The molecule has 1 aliphatic heterocycles. The molecule has 1 amide bonds. The lowest BCUT2D eigenvalue weighted by Crippen LogP contribution is -2.34. The number of rotatable bonds is 5. The Morgan fingerprint density at radius 2 is 1.89 bits per heavy atom. The average Bonchev–Trinajstić information content (AvgIpc) is 3.07. The highest BCUT2D eigenvalue weighted by Crippen LogP contribution is 2.53. The van der Waals surface area contributed by atoms with Crippen LogP contribution in [0.3, 0.4) is 0 Å². The fourth-order valence-electron chi connectivity index (χ4n) is 4.19. The van der Waals surface area contributed by atoms with Gasteiger partial charge in [0.15, 0.2) is 0 Å². The quantitative estimate of drug-likeness (QED) is 0.585. The minimum Gasteiger partial charge on any atom is -0.497 e. The zero-order chi connectivity index (χ0) is 19.8. The van der Waals surface area contributed by atoms with Gasteiger partial charge in [0.25, 0.3) is 0 Å². The van der Waals surface area contributed by atoms with E-state index in [1.54, 1.807) is 18.9 Å². The molecule has 1 aromatic heterocycles. The maximum absolute atomic E-state index is 13.5. The summed E-state index contributed by atoms with van der Waals surface area (Å²) in [5.41, 5.74) is 4.65. The van der Waals surface area contributed by atoms with Gasteiger partial charge in [0.05, 0.1) is 18.3 Å². The molecule has 2 aromatic carbocycles. The van der Waals surface area contributed by atoms with Crippen molar-refractivity contribution in [2.24, 2.45) is 0 Å². The van der Waals surface area contributed by atoms with Crippen LogP contribution in [-0.2, 0) is 11.3 Å². The van der Waals surface area contributed by atoms with Crippen LogP contribution in [0, 0.1) is 0 Å². The number of benzene rings is 2. The molecule has 1 aliphatic rings. The zero-order valence-electron chi connectivity index (χ0n) is 16.9. The fourth-order valence-corrected chi connectivity index (χ4v) is 5.50. The van der Waals surface area contributed by atoms with Crippen LogP contribution in [0.1, 0.15) is 31.6 Å². The maximum Gasteiger partial charge on any atom is 0.240 e. The Balaban J connectivity index is 2.03. The summed E-state index contributed by atoms with van der Waals surface area (Å²) in [6, 6.07) is 14.6. The number of likely N-dealkylation sites (N-methyl/N-ethyl adjacent to an activating group) is 1. The van der Waals surface area contributed by atoms with Gasteiger partial charge in [-0.1, -0.05) is 18.2 Å². The van der Waals surface area contributed by atoms with Gasteiger partial charge in [0, 0.05) is 47.1 Å². The Labute approximate surface area is 170 Å². The summed E-state index contributed by atoms with van der Waals surface area (Å²) in [5, 5.41) is 0.915. The van der Waals surface area contributed by atoms with E-state index in [4.69, 9.17) is 4.74 Å². The predicted molar refractivity (Wildman–Crippen MR) is 116 cm³/mol. The summed E-state index contributed by atoms with van der Waals surface area (Å²) in [6.45, 7) is 8.54. The Kier molecular flexibility index (Phi) is 5.11. The van der Waals surface area contributed by atoms with Crippen molar-refractivity contribution in [3.05, 3.63) is 48.0 Å². The highest BCUT2D eigenvalue weighted by molar-refractivity contribution is 8.00. The Morgan fingerprint density at radius 3 is 2.57 bits per heavy atom. The lowest BCUT2D eigenvalue weighted by atomic mass is 10.0. The van der Waals surface area contributed by atoms with E-state index in [1.807, 2.05) is 24.8 Å². The highest BCUT2D eigenvalue weighted by Gasteiger charge is 2.37. The van der Waals surface area contributed by atoms with Crippen LogP contribution in [-0.4, -0.2) is 35.6 Å². The smallest absolute Gasteiger partial charge is 0.240 e. The van der Waals surface area contributed by atoms with E-state index in [0.717, 1.165) is 41.9 Å². The van der Waals surface area contributed by atoms with Crippen molar-refractivity contribution in [2.45, 2.75) is 37.5 Å². The molecule has 0 radical (unpaired) electrons. The van der Waals surface area contributed by atoms with E-state index < -0.39 is 0 Å². The summed E-state index contributed by atoms with van der Waals surface area (Å²) in [7, 11) is 1.69. The maximum atomic E-state index is 13.5. The van der Waals surface area contributed by atoms with E-state index in [9.17, 15) is 4.79 Å². The number of carbonyl (C=O) groups excluding carboxylic acids is 1. The number of hydrogen-bond donors (Lipinski definition) is 0. The SMILES string of the molecule is CCN(CC)C(=O)C1Sc2ccccc2-c2c1c1ccc(OC)cc1n2CC. The lowest BCUT2D eigenvalue weighted by molar-refractivity contribution is -0.130. The van der Waals surface area contributed by atoms with Gasteiger partial charge in [0.2, 0.25) is 5.91 Å². The highest BCUT2D eigenvalue weighted by atomic mass is 32.2. The van der Waals surface area contributed by atoms with Crippen molar-refractivity contribution in [3.63, 3.8) is 0 Å². The van der Waals surface area contributed by atoms with Crippen LogP contribution in [0.5, 0.6) is 5.75 Å². The largest absolute Gasteiger partial charge is 0.497 e. The molecule has 4 nitrogen and oxygen atoms in total. The molecule has 0 aliphatic carbocycles. The number of thioether (sulfide) groups is 1. The van der Waals surface area contributed by atoms with Crippen LogP contribution in [0.25, 0.3) is 22.2 Å². The van der Waals surface area contributed by atoms with Gasteiger partial charge in [-0.2, -0.15) is 0 Å². The Hall–Kier alpha value is -2.40. The molecule has 1 atom stereocenters. The number of aryl methyl sites for hydroxylation is 1. The van der Waals surface area contributed by atoms with E-state index >= 15 is 0 Å². The Morgan fingerprint density at radius 1 is 1.14 bits per heavy atom. The summed E-state index contributed by atoms with van der Waals surface area (Å²) < 4.78 is 7.80. The minimum absolute atomic E-state index is 0.191. The molecule has 0 saturated heterocycles. The van der Waals surface area contributed by atoms with Crippen molar-refractivity contribution in [3.8, 4) is 17.0 Å². The van der Waals surface area contributed by atoms with Crippen molar-refractivity contribution in [1.82, 2.24) is 9.47 Å². The van der Waals surface area contributed by atoms with Crippen molar-refractivity contribution in [1.29, 1.82) is 0 Å². The van der Waals surface area contributed by atoms with E-state index in [-0.39, 0.29) is 11.2 Å². The first-order valence-corrected chi connectivity index (χ1v) is 10.8. The molecular formula is C23H26N2O2S. The van der Waals surface area contributed by atoms with Crippen LogP contribution >= 0.6 is 11.8 Å². The van der Waals surface area contributed by atoms with Gasteiger partial charge in [-0.3, -0.25) is 4.79 Å². The summed E-state index contributed by atoms with van der Waals surface area (Å²) in [5.74, 6) is 1.03. The van der Waals surface area contributed by atoms with E-state index in [0.29, 0.717) is 0 Å². The molecule has 4 rings (SSSR count). The Bertz CT molecular complexity index is 1040. The summed E-state index contributed by atoms with van der Waals surface area (Å²) in [6.07, 6.45) is 0. The monoisotopic (exact) mass is 394 g/mol. The number of hydrogen-bond acceptors (Lipinski definition) is 3. The molecule has 2 heterocycles. The van der Waals surface area contributed by atoms with Crippen molar-refractivity contribution < 1.29 is 9.53 Å². The molecule has 146 valence electrons. The second kappa shape index (κ2) is 7.55. The fraction of sp³-hybridized carbons (Fsp3) is 0.348. The molecular weight excluding hydrogens is 368 g/mol. The molecule has 0 spiro atoms. The van der Waals surface area contributed by atoms with Gasteiger partial charge >= 0.3 is 0 Å². The first kappa shape index (κ1) is 18.9. The normalized spacial score (nSPS) is 15.2. The van der Waals surface area contributed by atoms with Crippen LogP contribution < -0.4 is 4.74 Å². The van der Waals surface area contributed by atoms with Crippen molar-refractivity contribution in [2.75, 3.05) is 20.2 Å². The van der Waals surface area contributed by atoms with Crippen molar-refractivity contribution >= 4 is 28.6 Å². The van der Waals surface area contributed by atoms with Crippen LogP contribution in [0.4, 0.5) is 0 Å². The van der Waals surface area contributed by atoms with Crippen LogP contribution in [0.2, 0.25) is 0 Å². The minimum atomic E-state index is -0.228. The van der Waals surface area contributed by atoms with E-state index in [1.165, 1.54) is 16.2 Å². The standard InChI is InChI=1S/C23H26N2O2S/c1-5-24(6-2)23(26)22-20-16-13-12-15(27-4)14-18(16)25(7-3)21(20)17-10-8-9-11-19(17)28-22/h8-14,22H,5-7H2,1-4H3. The summed E-state index contributed by atoms with van der Waals surface area (Å²) >= 11 is 1.68. The number of carbonyl (C=O) groups is 1. The predicted octanol–water partition coefficient (Wildman–Crippen LogP) is 5.35. The molecule has 0 bridgehead atoms. The number of methoxy groups -OCH3 is 1. The first-order valence-electron chi connectivity index (χ1n) is 9.89. The molecule has 1 unspecified atom stereocenters. The van der Waals surface area contributed by atoms with Gasteiger partial charge in [-0.05, 0) is 39.0 Å². The van der Waals surface area contributed by atoms with Gasteiger partial charge in [-0.25, -0.2) is 0 Å². The first-order chi connectivity index (χ1) is 13.6. The van der Waals surface area contributed by atoms with Crippen LogP contribution in [0.15, 0.2) is 47.4 Å². The third kappa shape index (κ3) is 2.80.